The van der Waals surface area contributed by atoms with Crippen molar-refractivity contribution in [3.8, 4) is 11.1 Å². The van der Waals surface area contributed by atoms with E-state index in [2.05, 4.69) is 29.6 Å². The number of alkyl carbamates (subject to hydrolysis) is 1. The lowest BCUT2D eigenvalue weighted by molar-refractivity contribution is -0.146. The summed E-state index contributed by atoms with van der Waals surface area (Å²) in [5.41, 5.74) is 4.54. The van der Waals surface area contributed by atoms with Gasteiger partial charge in [-0.25, -0.2) is 4.79 Å². The van der Waals surface area contributed by atoms with Crippen LogP contribution < -0.4 is 5.32 Å². The molecule has 1 unspecified atom stereocenters. The van der Waals surface area contributed by atoms with Crippen LogP contribution in [-0.2, 0) is 14.3 Å². The lowest BCUT2D eigenvalue weighted by atomic mass is 9.97. The Kier molecular flexibility index (Phi) is 7.70. The third-order valence-electron chi connectivity index (χ3n) is 6.88. The van der Waals surface area contributed by atoms with Crippen molar-refractivity contribution in [3.05, 3.63) is 59.7 Å². The molecule has 2 aromatic carbocycles. The van der Waals surface area contributed by atoms with Crippen molar-refractivity contribution in [2.45, 2.75) is 31.2 Å². The molecule has 0 spiro atoms. The highest BCUT2D eigenvalue weighted by atomic mass is 16.5. The summed E-state index contributed by atoms with van der Waals surface area (Å²) in [5, 5.41) is 12.1. The second kappa shape index (κ2) is 10.9. The Morgan fingerprint density at radius 3 is 2.31 bits per heavy atom. The smallest absolute Gasteiger partial charge is 0.407 e. The van der Waals surface area contributed by atoms with Gasteiger partial charge in [-0.15, -0.1) is 0 Å². The van der Waals surface area contributed by atoms with E-state index in [0.717, 1.165) is 22.3 Å². The molecule has 2 atom stereocenters. The van der Waals surface area contributed by atoms with Crippen LogP contribution in [0.4, 0.5) is 4.79 Å². The number of carbonyl (C=O) groups is 3. The number of carbonyl (C=O) groups excluding carboxylic acids is 2. The minimum atomic E-state index is -0.892. The van der Waals surface area contributed by atoms with Crippen molar-refractivity contribution in [3.63, 3.8) is 0 Å². The third kappa shape index (κ3) is 5.65. The first-order valence-corrected chi connectivity index (χ1v) is 12.1. The molecule has 0 aromatic heterocycles. The van der Waals surface area contributed by atoms with E-state index in [1.54, 1.807) is 4.90 Å². The minimum Gasteiger partial charge on any atom is -0.481 e. The summed E-state index contributed by atoms with van der Waals surface area (Å²) in [6.45, 7) is 1.42. The normalized spacial score (nSPS) is 18.0. The molecule has 1 fully saturated rings. The zero-order valence-electron chi connectivity index (χ0n) is 20.3. The molecule has 1 heterocycles. The van der Waals surface area contributed by atoms with Gasteiger partial charge in [-0.1, -0.05) is 48.5 Å². The molecule has 8 nitrogen and oxygen atoms in total. The maximum atomic E-state index is 13.2. The number of nitrogens with zero attached hydrogens (tertiary/aromatic N) is 2. The minimum absolute atomic E-state index is 0.0671. The van der Waals surface area contributed by atoms with E-state index < -0.39 is 24.0 Å². The zero-order chi connectivity index (χ0) is 24.9. The fraction of sp³-hybridized carbons (Fsp3) is 0.444. The number of ether oxygens (including phenoxy) is 1. The van der Waals surface area contributed by atoms with Crippen molar-refractivity contribution in [1.29, 1.82) is 0 Å². The Balaban J connectivity index is 1.42. The third-order valence-corrected chi connectivity index (χ3v) is 6.88. The summed E-state index contributed by atoms with van der Waals surface area (Å²) in [4.78, 5) is 41.0. The van der Waals surface area contributed by atoms with Crippen molar-refractivity contribution in [2.24, 2.45) is 5.92 Å². The van der Waals surface area contributed by atoms with Crippen molar-refractivity contribution in [2.75, 3.05) is 40.3 Å². The Morgan fingerprint density at radius 1 is 1.09 bits per heavy atom. The van der Waals surface area contributed by atoms with Crippen LogP contribution in [-0.4, -0.2) is 79.3 Å². The quantitative estimate of drug-likeness (QED) is 0.604. The van der Waals surface area contributed by atoms with Gasteiger partial charge in [0.1, 0.15) is 12.6 Å². The number of hydrogen-bond donors (Lipinski definition) is 2. The predicted octanol–water partition coefficient (Wildman–Crippen LogP) is 3.17. The number of aliphatic carboxylic acids is 1. The highest BCUT2D eigenvalue weighted by Crippen LogP contribution is 2.44. The van der Waals surface area contributed by atoms with Crippen LogP contribution >= 0.6 is 0 Å². The summed E-state index contributed by atoms with van der Waals surface area (Å²) in [5.74, 6) is -1.79. The molecule has 1 saturated heterocycles. The molecule has 2 amide bonds. The largest absolute Gasteiger partial charge is 0.481 e. The van der Waals surface area contributed by atoms with Crippen LogP contribution in [0.1, 0.15) is 36.3 Å². The molecular formula is C27H33N3O5. The van der Waals surface area contributed by atoms with Gasteiger partial charge >= 0.3 is 12.1 Å². The average molecular weight is 480 g/mol. The zero-order valence-corrected chi connectivity index (χ0v) is 20.3. The maximum absolute atomic E-state index is 13.2. The first-order chi connectivity index (χ1) is 16.8. The fourth-order valence-corrected chi connectivity index (χ4v) is 5.03. The lowest BCUT2D eigenvalue weighted by Crippen LogP contribution is -2.53. The number of benzene rings is 2. The van der Waals surface area contributed by atoms with E-state index in [4.69, 9.17) is 4.74 Å². The van der Waals surface area contributed by atoms with Crippen LogP contribution in [0.5, 0.6) is 0 Å². The van der Waals surface area contributed by atoms with Crippen LogP contribution in [0, 0.1) is 5.92 Å². The number of nitrogens with one attached hydrogen (secondary N) is 1. The number of amides is 2. The number of hydrogen-bond acceptors (Lipinski definition) is 5. The number of carboxylic acid groups (broad SMARTS) is 1. The van der Waals surface area contributed by atoms with Gasteiger partial charge in [-0.2, -0.15) is 0 Å². The number of carboxylic acids is 1. The molecule has 1 aliphatic carbocycles. The summed E-state index contributed by atoms with van der Waals surface area (Å²) in [6.07, 6.45) is 0.954. The number of rotatable bonds is 8. The SMILES string of the molecule is CN(C)CCC(NC(=O)OCC1c2ccccc2-c2ccccc21)C(=O)N1CCC[C@H](C(=O)O)C1. The Labute approximate surface area is 205 Å². The Hall–Kier alpha value is -3.39. The van der Waals surface area contributed by atoms with Crippen LogP contribution in [0.2, 0.25) is 0 Å². The average Bonchev–Trinajstić information content (AvgIpc) is 3.18. The fourth-order valence-electron chi connectivity index (χ4n) is 5.03. The molecule has 2 N–H and O–H groups in total. The topological polar surface area (TPSA) is 99.2 Å². The van der Waals surface area contributed by atoms with Gasteiger partial charge < -0.3 is 25.0 Å². The predicted molar refractivity (Wildman–Crippen MR) is 132 cm³/mol. The molecule has 35 heavy (non-hydrogen) atoms. The van der Waals surface area contributed by atoms with Gasteiger partial charge in [0.15, 0.2) is 0 Å². The Bertz CT molecular complexity index is 1040. The summed E-state index contributed by atoms with van der Waals surface area (Å²) in [6, 6.07) is 15.5. The van der Waals surface area contributed by atoms with Crippen molar-refractivity contribution >= 4 is 18.0 Å². The molecule has 1 aliphatic heterocycles. The number of fused-ring (bicyclic) bond motifs is 3. The van der Waals surface area contributed by atoms with Gasteiger partial charge in [0, 0.05) is 19.0 Å². The first-order valence-electron chi connectivity index (χ1n) is 12.1. The molecule has 0 saturated carbocycles. The van der Waals surface area contributed by atoms with Gasteiger partial charge in [0.25, 0.3) is 0 Å². The van der Waals surface area contributed by atoms with E-state index in [1.165, 1.54) is 0 Å². The van der Waals surface area contributed by atoms with Crippen molar-refractivity contribution < 1.29 is 24.2 Å². The molecule has 8 heteroatoms. The lowest BCUT2D eigenvalue weighted by Gasteiger charge is -2.33. The molecule has 0 bridgehead atoms. The standard InChI is InChI=1S/C27H33N3O5/c1-29(2)15-13-24(25(31)30-14-7-8-18(16-30)26(32)33)28-27(34)35-17-23-21-11-5-3-9-19(21)20-10-4-6-12-22(20)23/h3-6,9-12,18,23-24H,7-8,13-17H2,1-2H3,(H,28,34)(H,32,33)/t18-,24?/m0/s1. The molecular weight excluding hydrogens is 446 g/mol. The highest BCUT2D eigenvalue weighted by molar-refractivity contribution is 5.86. The second-order valence-electron chi connectivity index (χ2n) is 9.58. The molecule has 0 radical (unpaired) electrons. The number of likely N-dealkylation sites (tertiary alicyclic amines) is 1. The van der Waals surface area contributed by atoms with Crippen LogP contribution in [0.3, 0.4) is 0 Å². The van der Waals surface area contributed by atoms with E-state index >= 15 is 0 Å². The van der Waals surface area contributed by atoms with E-state index in [9.17, 15) is 19.5 Å². The maximum Gasteiger partial charge on any atom is 0.407 e. The summed E-state index contributed by atoms with van der Waals surface area (Å²) < 4.78 is 5.65. The van der Waals surface area contributed by atoms with Gasteiger partial charge in [0.05, 0.1) is 5.92 Å². The van der Waals surface area contributed by atoms with Crippen molar-refractivity contribution in [1.82, 2.24) is 15.1 Å². The van der Waals surface area contributed by atoms with Gasteiger partial charge in [-0.05, 0) is 62.2 Å². The molecule has 2 aliphatic rings. The van der Waals surface area contributed by atoms with E-state index in [0.29, 0.717) is 32.4 Å². The molecule has 2 aromatic rings. The highest BCUT2D eigenvalue weighted by Gasteiger charge is 2.33. The van der Waals surface area contributed by atoms with Crippen LogP contribution in [0.15, 0.2) is 48.5 Å². The second-order valence-corrected chi connectivity index (χ2v) is 9.58. The number of piperidine rings is 1. The van der Waals surface area contributed by atoms with E-state index in [-0.39, 0.29) is 25.0 Å². The molecule has 4 rings (SSSR count). The van der Waals surface area contributed by atoms with Gasteiger partial charge in [-0.3, -0.25) is 9.59 Å². The Morgan fingerprint density at radius 2 is 1.71 bits per heavy atom. The first kappa shape index (κ1) is 24.7. The monoisotopic (exact) mass is 479 g/mol. The summed E-state index contributed by atoms with van der Waals surface area (Å²) >= 11 is 0. The van der Waals surface area contributed by atoms with Crippen LogP contribution in [0.25, 0.3) is 11.1 Å². The van der Waals surface area contributed by atoms with Gasteiger partial charge in [0.2, 0.25) is 5.91 Å². The van der Waals surface area contributed by atoms with E-state index in [1.807, 2.05) is 43.3 Å². The molecule has 186 valence electrons. The summed E-state index contributed by atoms with van der Waals surface area (Å²) in [7, 11) is 3.80.